The van der Waals surface area contributed by atoms with E-state index in [0.29, 0.717) is 5.92 Å². The number of thioether (sulfide) groups is 1. The van der Waals surface area contributed by atoms with E-state index >= 15 is 0 Å². The summed E-state index contributed by atoms with van der Waals surface area (Å²) in [6.07, 6.45) is 3.95. The summed E-state index contributed by atoms with van der Waals surface area (Å²) >= 11 is 4.81. The summed E-state index contributed by atoms with van der Waals surface area (Å²) < 4.78 is 5.13. The van der Waals surface area contributed by atoms with Gasteiger partial charge in [0.2, 0.25) is 0 Å². The van der Waals surface area contributed by atoms with Gasteiger partial charge in [0.15, 0.2) is 0 Å². The van der Waals surface area contributed by atoms with E-state index < -0.39 is 0 Å². The molecule has 1 saturated heterocycles. The molecule has 0 spiro atoms. The number of hydrogen-bond acceptors (Lipinski definition) is 7. The van der Waals surface area contributed by atoms with E-state index in [1.54, 1.807) is 11.3 Å². The van der Waals surface area contributed by atoms with Crippen molar-refractivity contribution in [2.75, 3.05) is 18.8 Å². The Morgan fingerprint density at radius 2 is 2.21 bits per heavy atom. The van der Waals surface area contributed by atoms with Crippen LogP contribution in [0.25, 0.3) is 0 Å². The Kier molecular flexibility index (Phi) is 6.24. The predicted octanol–water partition coefficient (Wildman–Crippen LogP) is 3.90. The van der Waals surface area contributed by atoms with E-state index in [1.807, 2.05) is 23.6 Å². The Balaban J connectivity index is 1.49. The van der Waals surface area contributed by atoms with Gasteiger partial charge in [-0.3, -0.25) is 4.79 Å². The highest BCUT2D eigenvalue weighted by Gasteiger charge is 2.27. The zero-order valence-electron chi connectivity index (χ0n) is 14.0. The topological polar surface area (TPSA) is 59.0 Å². The lowest BCUT2D eigenvalue weighted by atomic mass is 9.99. The summed E-state index contributed by atoms with van der Waals surface area (Å²) in [5, 5.41) is 6.21. The Hall–Kier alpha value is -0.990. The minimum absolute atomic E-state index is 0.120. The van der Waals surface area contributed by atoms with Crippen molar-refractivity contribution in [3.8, 4) is 0 Å². The van der Waals surface area contributed by atoms with Crippen LogP contribution in [0.2, 0.25) is 0 Å². The number of rotatable bonds is 6. The molecule has 0 atom stereocenters. The molecule has 0 unspecified atom stereocenters. The first-order valence-electron chi connectivity index (χ1n) is 8.32. The number of piperidine rings is 1. The largest absolute Gasteiger partial charge is 0.338 e. The van der Waals surface area contributed by atoms with Crippen molar-refractivity contribution < 1.29 is 4.79 Å². The minimum atomic E-state index is 0.120. The number of nitrogens with zero attached hydrogens (tertiary/aromatic N) is 4. The maximum atomic E-state index is 12.7. The molecule has 3 rings (SSSR count). The summed E-state index contributed by atoms with van der Waals surface area (Å²) in [4.78, 5) is 19.9. The van der Waals surface area contributed by atoms with Crippen LogP contribution < -0.4 is 0 Å². The number of likely N-dealkylation sites (tertiary alicyclic amines) is 1. The molecule has 1 fully saturated rings. The average molecular weight is 383 g/mol. The lowest BCUT2D eigenvalue weighted by Crippen LogP contribution is -2.39. The zero-order valence-corrected chi connectivity index (χ0v) is 16.5. The molecule has 0 aliphatic carbocycles. The number of amides is 1. The first kappa shape index (κ1) is 17.8. The first-order valence-corrected chi connectivity index (χ1v) is 11.0. The van der Waals surface area contributed by atoms with Crippen LogP contribution in [0.15, 0.2) is 9.72 Å². The van der Waals surface area contributed by atoms with Gasteiger partial charge >= 0.3 is 0 Å². The second-order valence-electron chi connectivity index (χ2n) is 6.10. The molecule has 2 aromatic heterocycles. The zero-order chi connectivity index (χ0) is 16.9. The molecule has 1 aliphatic heterocycles. The Labute approximate surface area is 155 Å². The van der Waals surface area contributed by atoms with Crippen molar-refractivity contribution in [3.63, 3.8) is 0 Å². The summed E-state index contributed by atoms with van der Waals surface area (Å²) in [6, 6.07) is 0. The molecule has 0 aromatic carbocycles. The predicted molar refractivity (Wildman–Crippen MR) is 100 cm³/mol. The van der Waals surface area contributed by atoms with Crippen LogP contribution in [0.5, 0.6) is 0 Å². The van der Waals surface area contributed by atoms with E-state index in [1.165, 1.54) is 11.5 Å². The van der Waals surface area contributed by atoms with Gasteiger partial charge in [0.1, 0.15) is 9.22 Å². The lowest BCUT2D eigenvalue weighted by molar-refractivity contribution is 0.0702. The van der Waals surface area contributed by atoms with Gasteiger partial charge in [-0.15, -0.1) is 16.4 Å². The molecule has 1 amide bonds. The van der Waals surface area contributed by atoms with Crippen LogP contribution in [0, 0.1) is 12.8 Å². The highest BCUT2D eigenvalue weighted by molar-refractivity contribution is 8.01. The summed E-state index contributed by atoms with van der Waals surface area (Å²) in [5.74, 6) is 1.88. The van der Waals surface area contributed by atoms with Crippen molar-refractivity contribution in [1.82, 2.24) is 19.5 Å². The second-order valence-corrected chi connectivity index (χ2v) is 8.98. The minimum Gasteiger partial charge on any atom is -0.338 e. The van der Waals surface area contributed by atoms with Gasteiger partial charge in [0.25, 0.3) is 5.91 Å². The molecule has 0 saturated carbocycles. The van der Waals surface area contributed by atoms with E-state index in [-0.39, 0.29) is 5.91 Å². The molecule has 3 heterocycles. The molecular weight excluding hydrogens is 360 g/mol. The van der Waals surface area contributed by atoms with Crippen molar-refractivity contribution in [3.05, 3.63) is 21.6 Å². The van der Waals surface area contributed by atoms with Gasteiger partial charge in [-0.05, 0) is 43.6 Å². The van der Waals surface area contributed by atoms with E-state index in [2.05, 4.69) is 26.9 Å². The van der Waals surface area contributed by atoms with Crippen molar-refractivity contribution in [1.29, 1.82) is 0 Å². The van der Waals surface area contributed by atoms with E-state index in [9.17, 15) is 4.79 Å². The van der Waals surface area contributed by atoms with Gasteiger partial charge in [-0.2, -0.15) is 0 Å². The smallest absolute Gasteiger partial charge is 0.267 e. The molecule has 0 radical (unpaired) electrons. The Morgan fingerprint density at radius 1 is 1.42 bits per heavy atom. The summed E-state index contributed by atoms with van der Waals surface area (Å²) in [7, 11) is 0. The molecule has 0 bridgehead atoms. The normalized spacial score (nSPS) is 15.8. The molecule has 5 nitrogen and oxygen atoms in total. The summed E-state index contributed by atoms with van der Waals surface area (Å²) in [6.45, 7) is 5.81. The first-order chi connectivity index (χ1) is 11.7. The molecule has 2 aromatic rings. The van der Waals surface area contributed by atoms with Gasteiger partial charge in [-0.1, -0.05) is 29.6 Å². The number of thiazole rings is 1. The maximum Gasteiger partial charge on any atom is 0.267 e. The molecule has 8 heteroatoms. The number of hydrogen-bond donors (Lipinski definition) is 0. The third-order valence-corrected chi connectivity index (χ3v) is 7.31. The van der Waals surface area contributed by atoms with E-state index in [0.717, 1.165) is 65.1 Å². The van der Waals surface area contributed by atoms with Crippen LogP contribution in [-0.2, 0) is 6.42 Å². The number of carbonyl (C=O) groups is 1. The fraction of sp³-hybridized carbons (Fsp3) is 0.625. The molecule has 24 heavy (non-hydrogen) atoms. The van der Waals surface area contributed by atoms with Gasteiger partial charge in [-0.25, -0.2) is 4.98 Å². The lowest BCUT2D eigenvalue weighted by Gasteiger charge is -2.31. The molecule has 0 N–H and O–H groups in total. The third-order valence-electron chi connectivity index (χ3n) is 4.18. The van der Waals surface area contributed by atoms with Crippen LogP contribution in [0.3, 0.4) is 0 Å². The molecule has 130 valence electrons. The van der Waals surface area contributed by atoms with Crippen LogP contribution in [-0.4, -0.2) is 44.2 Å². The Morgan fingerprint density at radius 3 is 2.88 bits per heavy atom. The highest BCUT2D eigenvalue weighted by atomic mass is 32.2. The second kappa shape index (κ2) is 8.40. The quantitative estimate of drug-likeness (QED) is 0.709. The van der Waals surface area contributed by atoms with Crippen molar-refractivity contribution in [2.45, 2.75) is 43.9 Å². The molecule has 1 aliphatic rings. The fourth-order valence-corrected chi connectivity index (χ4v) is 5.54. The SMILES string of the molecule is CCCc1nnsc1C(=O)N1CCC(CSc2nc(C)cs2)CC1. The van der Waals surface area contributed by atoms with Crippen LogP contribution in [0.1, 0.15) is 47.2 Å². The average Bonchev–Trinajstić information content (AvgIpc) is 3.22. The maximum absolute atomic E-state index is 12.7. The van der Waals surface area contributed by atoms with Crippen molar-refractivity contribution >= 4 is 40.5 Å². The molecular formula is C16H22N4OS3. The van der Waals surface area contributed by atoms with Crippen molar-refractivity contribution in [2.24, 2.45) is 5.92 Å². The Bertz CT molecular complexity index is 676. The fourth-order valence-electron chi connectivity index (χ4n) is 2.81. The van der Waals surface area contributed by atoms with Gasteiger partial charge in [0, 0.05) is 29.9 Å². The van der Waals surface area contributed by atoms with Gasteiger partial charge < -0.3 is 4.90 Å². The monoisotopic (exact) mass is 382 g/mol. The third kappa shape index (κ3) is 4.34. The van der Waals surface area contributed by atoms with Crippen LogP contribution in [0.4, 0.5) is 0 Å². The van der Waals surface area contributed by atoms with E-state index in [4.69, 9.17) is 0 Å². The number of aromatic nitrogens is 3. The standard InChI is InChI=1S/C16H22N4OS3/c1-3-4-13-14(24-19-18-13)15(21)20-7-5-12(6-8-20)10-23-16-17-11(2)9-22-16/h9,12H,3-8,10H2,1-2H3. The number of carbonyl (C=O) groups excluding carboxylic acids is 1. The highest BCUT2D eigenvalue weighted by Crippen LogP contribution is 2.29. The summed E-state index contributed by atoms with van der Waals surface area (Å²) in [5.41, 5.74) is 1.97. The van der Waals surface area contributed by atoms with Gasteiger partial charge in [0.05, 0.1) is 5.69 Å². The van der Waals surface area contributed by atoms with Crippen LogP contribution >= 0.6 is 34.6 Å². The number of aryl methyl sites for hydroxylation is 2.